The quantitative estimate of drug-likeness (QED) is 0.880. The highest BCUT2D eigenvalue weighted by Crippen LogP contribution is 2.38. The van der Waals surface area contributed by atoms with Crippen molar-refractivity contribution in [1.82, 2.24) is 14.9 Å². The minimum absolute atomic E-state index is 0.0520. The highest BCUT2D eigenvalue weighted by molar-refractivity contribution is 5.33. The second-order valence-electron chi connectivity index (χ2n) is 6.61. The van der Waals surface area contributed by atoms with Crippen molar-refractivity contribution in [2.24, 2.45) is 0 Å². The molecule has 0 radical (unpaired) electrons. The lowest BCUT2D eigenvalue weighted by atomic mass is 9.70. The van der Waals surface area contributed by atoms with Crippen LogP contribution < -0.4 is 16.2 Å². The molecule has 108 valence electrons. The Morgan fingerprint density at radius 1 is 1.35 bits per heavy atom. The average Bonchev–Trinajstić information content (AvgIpc) is 3.24. The van der Waals surface area contributed by atoms with Crippen LogP contribution in [0.1, 0.15) is 51.0 Å². The molecule has 2 N–H and O–H groups in total. The van der Waals surface area contributed by atoms with Gasteiger partial charge in [0.05, 0.1) is 0 Å². The molecule has 2 saturated carbocycles. The van der Waals surface area contributed by atoms with Gasteiger partial charge in [0, 0.05) is 30.0 Å². The second kappa shape index (κ2) is 4.58. The first-order chi connectivity index (χ1) is 9.76. The Balaban J connectivity index is 1.51. The standard InChI is InChI=1S/C15H22N4O/c20-14-13(16-8-9-19(14)12-2-3-12)18-11-4-7-17-15(10-11)5-1-6-15/h8-9,11-12,17H,1-7,10H2,(H,16,18). The summed E-state index contributed by atoms with van der Waals surface area (Å²) in [7, 11) is 0. The van der Waals surface area contributed by atoms with E-state index in [0.29, 0.717) is 23.4 Å². The summed E-state index contributed by atoms with van der Waals surface area (Å²) in [6.07, 6.45) is 11.9. The minimum Gasteiger partial charge on any atom is -0.363 e. The van der Waals surface area contributed by atoms with Gasteiger partial charge in [-0.25, -0.2) is 4.98 Å². The Hall–Kier alpha value is -1.36. The Morgan fingerprint density at radius 2 is 2.20 bits per heavy atom. The van der Waals surface area contributed by atoms with Crippen LogP contribution in [0, 0.1) is 0 Å². The zero-order chi connectivity index (χ0) is 13.6. The van der Waals surface area contributed by atoms with Gasteiger partial charge in [0.15, 0.2) is 5.82 Å². The fraction of sp³-hybridized carbons (Fsp3) is 0.733. The van der Waals surface area contributed by atoms with Crippen LogP contribution in [0.2, 0.25) is 0 Å². The molecule has 0 aromatic carbocycles. The molecule has 1 atom stereocenters. The van der Waals surface area contributed by atoms with E-state index in [0.717, 1.165) is 32.2 Å². The first kappa shape index (κ1) is 12.4. The zero-order valence-corrected chi connectivity index (χ0v) is 11.8. The molecule has 1 spiro atoms. The second-order valence-corrected chi connectivity index (χ2v) is 6.61. The number of anilines is 1. The van der Waals surface area contributed by atoms with Crippen LogP contribution in [-0.4, -0.2) is 27.7 Å². The summed E-state index contributed by atoms with van der Waals surface area (Å²) >= 11 is 0. The number of piperidine rings is 1. The lowest BCUT2D eigenvalue weighted by molar-refractivity contribution is 0.135. The summed E-state index contributed by atoms with van der Waals surface area (Å²) in [6, 6.07) is 0.795. The molecule has 5 nitrogen and oxygen atoms in total. The minimum atomic E-state index is 0.0520. The van der Waals surface area contributed by atoms with Crippen LogP contribution in [0.3, 0.4) is 0 Å². The van der Waals surface area contributed by atoms with Crippen LogP contribution in [0.4, 0.5) is 5.82 Å². The smallest absolute Gasteiger partial charge is 0.293 e. The summed E-state index contributed by atoms with van der Waals surface area (Å²) in [5.41, 5.74) is 0.399. The maximum absolute atomic E-state index is 12.4. The summed E-state index contributed by atoms with van der Waals surface area (Å²) in [5, 5.41) is 7.07. The molecule has 4 rings (SSSR count). The Morgan fingerprint density at radius 3 is 2.90 bits per heavy atom. The van der Waals surface area contributed by atoms with Crippen LogP contribution in [-0.2, 0) is 0 Å². The molecule has 2 heterocycles. The van der Waals surface area contributed by atoms with Crippen molar-refractivity contribution in [1.29, 1.82) is 0 Å². The van der Waals surface area contributed by atoms with E-state index in [9.17, 15) is 4.79 Å². The number of rotatable bonds is 3. The van der Waals surface area contributed by atoms with Gasteiger partial charge in [-0.1, -0.05) is 0 Å². The van der Waals surface area contributed by atoms with Crippen molar-refractivity contribution in [2.45, 2.75) is 62.6 Å². The van der Waals surface area contributed by atoms with E-state index < -0.39 is 0 Å². The van der Waals surface area contributed by atoms with Gasteiger partial charge in [0.2, 0.25) is 0 Å². The highest BCUT2D eigenvalue weighted by atomic mass is 16.1. The first-order valence-electron chi connectivity index (χ1n) is 7.85. The molecule has 3 aliphatic rings. The largest absolute Gasteiger partial charge is 0.363 e. The summed E-state index contributed by atoms with van der Waals surface area (Å²) in [6.45, 7) is 1.04. The topological polar surface area (TPSA) is 59.0 Å². The molecule has 2 aliphatic carbocycles. The van der Waals surface area contributed by atoms with E-state index in [1.165, 1.54) is 19.3 Å². The fourth-order valence-corrected chi connectivity index (χ4v) is 3.62. The summed E-state index contributed by atoms with van der Waals surface area (Å²) < 4.78 is 1.84. The third kappa shape index (κ3) is 2.14. The molecule has 1 aromatic heterocycles. The molecular weight excluding hydrogens is 252 g/mol. The molecule has 1 aromatic rings. The van der Waals surface area contributed by atoms with Gasteiger partial charge >= 0.3 is 0 Å². The third-order valence-corrected chi connectivity index (χ3v) is 5.09. The predicted molar refractivity (Wildman–Crippen MR) is 78.0 cm³/mol. The van der Waals surface area contributed by atoms with E-state index in [1.54, 1.807) is 6.20 Å². The van der Waals surface area contributed by atoms with Gasteiger partial charge in [-0.2, -0.15) is 0 Å². The number of nitrogens with one attached hydrogen (secondary N) is 2. The van der Waals surface area contributed by atoms with E-state index >= 15 is 0 Å². The van der Waals surface area contributed by atoms with Crippen LogP contribution >= 0.6 is 0 Å². The van der Waals surface area contributed by atoms with Gasteiger partial charge in [0.25, 0.3) is 5.56 Å². The van der Waals surface area contributed by atoms with Crippen molar-refractivity contribution in [2.75, 3.05) is 11.9 Å². The van der Waals surface area contributed by atoms with E-state index in [4.69, 9.17) is 0 Å². The molecule has 20 heavy (non-hydrogen) atoms. The lowest BCUT2D eigenvalue weighted by Crippen LogP contribution is -2.58. The first-order valence-corrected chi connectivity index (χ1v) is 7.85. The van der Waals surface area contributed by atoms with Gasteiger partial charge in [0.1, 0.15) is 0 Å². The van der Waals surface area contributed by atoms with Crippen molar-refractivity contribution in [3.05, 3.63) is 22.7 Å². The maximum Gasteiger partial charge on any atom is 0.293 e. The van der Waals surface area contributed by atoms with Crippen molar-refractivity contribution in [3.8, 4) is 0 Å². The number of hydrogen-bond acceptors (Lipinski definition) is 4. The lowest BCUT2D eigenvalue weighted by Gasteiger charge is -2.48. The Kier molecular flexibility index (Phi) is 2.84. The molecule has 1 unspecified atom stereocenters. The SMILES string of the molecule is O=c1c(NC2CCNC3(CCC3)C2)nccn1C1CC1. The van der Waals surface area contributed by atoms with E-state index in [-0.39, 0.29) is 5.56 Å². The van der Waals surface area contributed by atoms with Crippen molar-refractivity contribution >= 4 is 5.82 Å². The van der Waals surface area contributed by atoms with Gasteiger partial charge in [-0.3, -0.25) is 4.79 Å². The van der Waals surface area contributed by atoms with E-state index in [2.05, 4.69) is 15.6 Å². The predicted octanol–water partition coefficient (Wildman–Crippen LogP) is 1.66. The molecule has 0 amide bonds. The fourth-order valence-electron chi connectivity index (χ4n) is 3.62. The van der Waals surface area contributed by atoms with Crippen LogP contribution in [0.15, 0.2) is 17.2 Å². The van der Waals surface area contributed by atoms with Gasteiger partial charge < -0.3 is 15.2 Å². The molecule has 1 saturated heterocycles. The number of aromatic nitrogens is 2. The maximum atomic E-state index is 12.4. The monoisotopic (exact) mass is 274 g/mol. The molecule has 3 fully saturated rings. The normalized spacial score (nSPS) is 28.1. The number of hydrogen-bond donors (Lipinski definition) is 2. The molecule has 0 bridgehead atoms. The van der Waals surface area contributed by atoms with Gasteiger partial charge in [-0.05, 0) is 51.5 Å². The zero-order valence-electron chi connectivity index (χ0n) is 11.8. The summed E-state index contributed by atoms with van der Waals surface area (Å²) in [5.74, 6) is 0.542. The van der Waals surface area contributed by atoms with Crippen LogP contribution in [0.25, 0.3) is 0 Å². The molecule has 1 aliphatic heterocycles. The Bertz CT molecular complexity index is 559. The Labute approximate surface area is 118 Å². The van der Waals surface area contributed by atoms with E-state index in [1.807, 2.05) is 10.8 Å². The highest BCUT2D eigenvalue weighted by Gasteiger charge is 2.41. The molecule has 5 heteroatoms. The number of nitrogens with zero attached hydrogens (tertiary/aromatic N) is 2. The summed E-state index contributed by atoms with van der Waals surface area (Å²) in [4.78, 5) is 16.7. The average molecular weight is 274 g/mol. The molecular formula is C15H22N4O. The van der Waals surface area contributed by atoms with Crippen molar-refractivity contribution < 1.29 is 0 Å². The third-order valence-electron chi connectivity index (χ3n) is 5.09. The van der Waals surface area contributed by atoms with Crippen molar-refractivity contribution in [3.63, 3.8) is 0 Å². The van der Waals surface area contributed by atoms with Crippen LogP contribution in [0.5, 0.6) is 0 Å². The van der Waals surface area contributed by atoms with Gasteiger partial charge in [-0.15, -0.1) is 0 Å².